The van der Waals surface area contributed by atoms with E-state index in [1.54, 1.807) is 6.20 Å². The Bertz CT molecular complexity index is 1950. The van der Waals surface area contributed by atoms with Gasteiger partial charge in [0.05, 0.1) is 37.7 Å². The van der Waals surface area contributed by atoms with E-state index in [2.05, 4.69) is 18.8 Å². The third-order valence-electron chi connectivity index (χ3n) is 8.27. The third kappa shape index (κ3) is 8.26. The quantitative estimate of drug-likeness (QED) is 0.0846. The number of ether oxygens (including phenoxy) is 1. The molecule has 0 aliphatic carbocycles. The van der Waals surface area contributed by atoms with Gasteiger partial charge in [-0.1, -0.05) is 74.5 Å². The first-order chi connectivity index (χ1) is 23.7. The number of nitrogens with zero attached hydrogens (tertiary/aromatic N) is 2. The Labute approximate surface area is 288 Å². The minimum atomic E-state index is -3.92. The van der Waals surface area contributed by atoms with Gasteiger partial charge in [0, 0.05) is 41.9 Å². The molecule has 3 heterocycles. The number of phosphoric ester groups is 1. The molecule has 6 rings (SSSR count). The van der Waals surface area contributed by atoms with Crippen molar-refractivity contribution in [2.24, 2.45) is 5.92 Å². The molecule has 0 radical (unpaired) electrons. The average Bonchev–Trinajstić information content (AvgIpc) is 3.65. The number of aromatic carboxylic acids is 1. The first-order valence-corrected chi connectivity index (χ1v) is 18.4. The molecule has 254 valence electrons. The molecule has 0 saturated carbocycles. The van der Waals surface area contributed by atoms with Gasteiger partial charge in [-0.05, 0) is 41.2 Å². The van der Waals surface area contributed by atoms with Crippen molar-refractivity contribution in [2.45, 2.75) is 45.9 Å². The van der Waals surface area contributed by atoms with Crippen molar-refractivity contribution in [1.82, 2.24) is 9.55 Å². The molecular formula is C37H37N2O8PS. The Morgan fingerprint density at radius 3 is 2.22 bits per heavy atom. The highest BCUT2D eigenvalue weighted by atomic mass is 32.1. The van der Waals surface area contributed by atoms with Crippen molar-refractivity contribution in [3.05, 3.63) is 129 Å². The van der Waals surface area contributed by atoms with E-state index >= 15 is 0 Å². The van der Waals surface area contributed by atoms with Gasteiger partial charge in [0.15, 0.2) is 5.43 Å². The first-order valence-electron chi connectivity index (χ1n) is 16.0. The highest BCUT2D eigenvalue weighted by Gasteiger charge is 2.30. The molecule has 1 aliphatic rings. The molecule has 3 aromatic carbocycles. The predicted molar refractivity (Wildman–Crippen MR) is 188 cm³/mol. The SMILES string of the molecule is CC(C)C1Cc2cc(OCCCOP(=O)(OCc3ccccc3)OCc3ccccc3)c(-c3nccs3)cc2-c2cc(=O)c(C(=O)O)cn21. The Kier molecular flexibility index (Phi) is 10.9. The summed E-state index contributed by atoms with van der Waals surface area (Å²) in [6, 6.07) is 24.1. The lowest BCUT2D eigenvalue weighted by Crippen LogP contribution is -2.28. The monoisotopic (exact) mass is 700 g/mol. The second-order valence-electron chi connectivity index (χ2n) is 12.0. The number of benzene rings is 3. The normalized spacial score (nSPS) is 14.0. The number of carbonyl (C=O) groups is 1. The molecular weight excluding hydrogens is 663 g/mol. The zero-order valence-corrected chi connectivity index (χ0v) is 28.9. The standard InChI is InChI=1S/C37H37N2O8PS/c1-25(2)32-18-28-19-35(30(36-38-14-17-49-36)20-29(28)33-21-34(40)31(37(41)42)22-39(32)33)44-15-9-16-45-48(43,46-23-26-10-5-3-6-11-26)47-24-27-12-7-4-8-13-27/h3-8,10-14,17,19-22,25,32H,9,15-16,18,23-24H2,1-2H3,(H,41,42). The van der Waals surface area contributed by atoms with Crippen LogP contribution in [0, 0.1) is 5.92 Å². The minimum Gasteiger partial charge on any atom is -0.493 e. The number of hydrogen-bond donors (Lipinski definition) is 1. The molecule has 1 atom stereocenters. The van der Waals surface area contributed by atoms with Gasteiger partial charge in [-0.2, -0.15) is 0 Å². The zero-order valence-electron chi connectivity index (χ0n) is 27.2. The number of fused-ring (bicyclic) bond motifs is 3. The van der Waals surface area contributed by atoms with Crippen LogP contribution in [0.5, 0.6) is 5.75 Å². The van der Waals surface area contributed by atoms with Crippen LogP contribution >= 0.6 is 19.2 Å². The molecule has 2 aromatic heterocycles. The number of carboxylic acids is 1. The van der Waals surface area contributed by atoms with Crippen LogP contribution in [-0.4, -0.2) is 33.8 Å². The number of pyridine rings is 1. The van der Waals surface area contributed by atoms with E-state index in [0.717, 1.165) is 32.8 Å². The summed E-state index contributed by atoms with van der Waals surface area (Å²) in [7, 11) is -3.92. The van der Waals surface area contributed by atoms with Crippen molar-refractivity contribution < 1.29 is 32.8 Å². The Morgan fingerprint density at radius 2 is 1.63 bits per heavy atom. The summed E-state index contributed by atoms with van der Waals surface area (Å²) >= 11 is 1.46. The molecule has 0 bridgehead atoms. The number of hydrogen-bond acceptors (Lipinski definition) is 9. The first kappa shape index (κ1) is 34.5. The van der Waals surface area contributed by atoms with E-state index in [9.17, 15) is 19.3 Å². The predicted octanol–water partition coefficient (Wildman–Crippen LogP) is 8.42. The number of thiazole rings is 1. The van der Waals surface area contributed by atoms with Gasteiger partial charge in [0.25, 0.3) is 0 Å². The molecule has 1 unspecified atom stereocenters. The fourth-order valence-corrected chi connectivity index (χ4v) is 7.59. The lowest BCUT2D eigenvalue weighted by atomic mass is 9.86. The van der Waals surface area contributed by atoms with Gasteiger partial charge in [-0.15, -0.1) is 11.3 Å². The van der Waals surface area contributed by atoms with Gasteiger partial charge in [-0.3, -0.25) is 18.4 Å². The van der Waals surface area contributed by atoms with E-state index in [4.69, 9.17) is 18.3 Å². The van der Waals surface area contributed by atoms with Crippen LogP contribution < -0.4 is 10.2 Å². The Hall–Kier alpha value is -4.38. The maximum atomic E-state index is 13.7. The smallest absolute Gasteiger partial charge is 0.475 e. The fraction of sp³-hybridized carbons (Fsp3) is 0.270. The van der Waals surface area contributed by atoms with E-state index in [1.165, 1.54) is 23.6 Å². The van der Waals surface area contributed by atoms with Crippen molar-refractivity contribution in [3.63, 3.8) is 0 Å². The summed E-state index contributed by atoms with van der Waals surface area (Å²) in [4.78, 5) is 29.1. The van der Waals surface area contributed by atoms with E-state index in [0.29, 0.717) is 24.3 Å². The van der Waals surface area contributed by atoms with Crippen LogP contribution in [0.15, 0.2) is 101 Å². The molecule has 0 saturated heterocycles. The lowest BCUT2D eigenvalue weighted by Gasteiger charge is -2.34. The summed E-state index contributed by atoms with van der Waals surface area (Å²) in [6.45, 7) is 4.60. The number of rotatable bonds is 15. The number of phosphoric acid groups is 1. The van der Waals surface area contributed by atoms with E-state index < -0.39 is 19.2 Å². The summed E-state index contributed by atoms with van der Waals surface area (Å²) < 4.78 is 39.1. The summed E-state index contributed by atoms with van der Waals surface area (Å²) in [5.74, 6) is -0.454. The molecule has 10 nitrogen and oxygen atoms in total. The Morgan fingerprint density at radius 1 is 0.959 bits per heavy atom. The van der Waals surface area contributed by atoms with Crippen molar-refractivity contribution >= 4 is 25.1 Å². The maximum Gasteiger partial charge on any atom is 0.475 e. The largest absolute Gasteiger partial charge is 0.493 e. The van der Waals surface area contributed by atoms with Crippen LogP contribution in [0.3, 0.4) is 0 Å². The van der Waals surface area contributed by atoms with Crippen LogP contribution in [0.2, 0.25) is 0 Å². The van der Waals surface area contributed by atoms with Gasteiger partial charge >= 0.3 is 13.8 Å². The Balaban J connectivity index is 1.19. The van der Waals surface area contributed by atoms with Crippen LogP contribution in [0.25, 0.3) is 21.8 Å². The second-order valence-corrected chi connectivity index (χ2v) is 14.6. The zero-order chi connectivity index (χ0) is 34.4. The number of aromatic nitrogens is 2. The summed E-state index contributed by atoms with van der Waals surface area (Å²) in [5.41, 5.74) is 4.13. The molecule has 49 heavy (non-hydrogen) atoms. The maximum absolute atomic E-state index is 13.7. The third-order valence-corrected chi connectivity index (χ3v) is 10.5. The van der Waals surface area contributed by atoms with Crippen molar-refractivity contribution in [3.8, 4) is 27.6 Å². The van der Waals surface area contributed by atoms with Crippen LogP contribution in [-0.2, 0) is 37.8 Å². The molecule has 0 fully saturated rings. The molecule has 12 heteroatoms. The van der Waals surface area contributed by atoms with Crippen molar-refractivity contribution in [2.75, 3.05) is 13.2 Å². The molecule has 0 spiro atoms. The van der Waals surface area contributed by atoms with Gasteiger partial charge in [-0.25, -0.2) is 14.3 Å². The molecule has 0 amide bonds. The molecule has 1 aliphatic heterocycles. The topological polar surface area (TPSA) is 126 Å². The second kappa shape index (κ2) is 15.4. The van der Waals surface area contributed by atoms with Crippen LogP contribution in [0.1, 0.15) is 53.4 Å². The highest BCUT2D eigenvalue weighted by molar-refractivity contribution is 7.48. The van der Waals surface area contributed by atoms with Crippen molar-refractivity contribution in [1.29, 1.82) is 0 Å². The number of carboxylic acid groups (broad SMARTS) is 1. The van der Waals surface area contributed by atoms with Gasteiger partial charge in [0.1, 0.15) is 16.3 Å². The fourth-order valence-electron chi connectivity index (χ4n) is 5.74. The summed E-state index contributed by atoms with van der Waals surface area (Å²) in [5, 5.41) is 12.2. The van der Waals surface area contributed by atoms with E-state index in [-0.39, 0.29) is 44.0 Å². The van der Waals surface area contributed by atoms with Crippen LogP contribution in [0.4, 0.5) is 0 Å². The summed E-state index contributed by atoms with van der Waals surface area (Å²) in [6.07, 6.45) is 4.20. The molecule has 5 aromatic rings. The lowest BCUT2D eigenvalue weighted by molar-refractivity contribution is 0.0693. The van der Waals surface area contributed by atoms with E-state index in [1.807, 2.05) is 82.7 Å². The van der Waals surface area contributed by atoms with Gasteiger partial charge < -0.3 is 14.4 Å². The average molecular weight is 701 g/mol. The minimum absolute atomic E-state index is 0.0610. The van der Waals surface area contributed by atoms with Gasteiger partial charge in [0.2, 0.25) is 0 Å². The highest BCUT2D eigenvalue weighted by Crippen LogP contribution is 2.51. The molecule has 1 N–H and O–H groups in total.